The molecule has 0 bridgehead atoms. The molecule has 0 aliphatic carbocycles. The van der Waals surface area contributed by atoms with Crippen LogP contribution in [0.25, 0.3) is 5.57 Å². The van der Waals surface area contributed by atoms with Crippen molar-refractivity contribution in [2.45, 2.75) is 6.04 Å². The van der Waals surface area contributed by atoms with Crippen LogP contribution in [0.3, 0.4) is 0 Å². The zero-order valence-electron chi connectivity index (χ0n) is 6.79. The lowest BCUT2D eigenvalue weighted by molar-refractivity contribution is 0.543. The molecule has 64 valence electrons. The smallest absolute Gasteiger partial charge is 0.130 e. The van der Waals surface area contributed by atoms with Crippen molar-refractivity contribution in [3.05, 3.63) is 30.2 Å². The Balaban J connectivity index is 2.23. The second-order valence-electron chi connectivity index (χ2n) is 2.96. The Morgan fingerprint density at radius 1 is 1.58 bits per heavy atom. The zero-order valence-corrected chi connectivity index (χ0v) is 6.79. The lowest BCUT2D eigenvalue weighted by atomic mass is 10.1. The van der Waals surface area contributed by atoms with E-state index in [-0.39, 0.29) is 6.04 Å². The van der Waals surface area contributed by atoms with Gasteiger partial charge in [-0.2, -0.15) is 0 Å². The molecule has 0 spiro atoms. The van der Waals surface area contributed by atoms with Crippen molar-refractivity contribution >= 4 is 5.57 Å². The van der Waals surface area contributed by atoms with Gasteiger partial charge in [0.1, 0.15) is 5.76 Å². The van der Waals surface area contributed by atoms with Crippen LogP contribution in [0.15, 0.2) is 28.9 Å². The van der Waals surface area contributed by atoms with Crippen LogP contribution in [-0.4, -0.2) is 19.1 Å². The highest BCUT2D eigenvalue weighted by atomic mass is 16.3. The van der Waals surface area contributed by atoms with Crippen molar-refractivity contribution in [1.82, 2.24) is 5.32 Å². The summed E-state index contributed by atoms with van der Waals surface area (Å²) < 4.78 is 5.26. The molecule has 3 heteroatoms. The van der Waals surface area contributed by atoms with Gasteiger partial charge in [0.05, 0.1) is 6.26 Å². The van der Waals surface area contributed by atoms with Crippen LogP contribution in [0.2, 0.25) is 0 Å². The molecule has 12 heavy (non-hydrogen) atoms. The van der Waals surface area contributed by atoms with Crippen molar-refractivity contribution in [3.63, 3.8) is 0 Å². The molecule has 1 aliphatic rings. The van der Waals surface area contributed by atoms with Gasteiger partial charge in [-0.3, -0.25) is 0 Å². The van der Waals surface area contributed by atoms with E-state index in [2.05, 4.69) is 11.4 Å². The van der Waals surface area contributed by atoms with E-state index in [1.807, 2.05) is 12.1 Å². The Kier molecular flexibility index (Phi) is 1.98. The summed E-state index contributed by atoms with van der Waals surface area (Å²) in [4.78, 5) is 0. The van der Waals surface area contributed by atoms with Gasteiger partial charge in [0.15, 0.2) is 0 Å². The summed E-state index contributed by atoms with van der Waals surface area (Å²) in [5.74, 6) is 0.914. The molecule has 0 fully saturated rings. The Bertz CT molecular complexity index is 277. The first-order chi connectivity index (χ1) is 5.86. The molecule has 3 N–H and O–H groups in total. The number of nitrogens with one attached hydrogen (secondary N) is 1. The highest BCUT2D eigenvalue weighted by molar-refractivity contribution is 5.64. The third-order valence-electron chi connectivity index (χ3n) is 1.95. The molecule has 0 amide bonds. The normalized spacial score (nSPS) is 23.8. The number of rotatable bonds is 1. The summed E-state index contributed by atoms with van der Waals surface area (Å²) in [5, 5.41) is 3.22. The van der Waals surface area contributed by atoms with E-state index in [0.717, 1.165) is 24.4 Å². The van der Waals surface area contributed by atoms with E-state index >= 15 is 0 Å². The largest absolute Gasteiger partial charge is 0.465 e. The van der Waals surface area contributed by atoms with Gasteiger partial charge in [-0.05, 0) is 12.1 Å². The van der Waals surface area contributed by atoms with Crippen LogP contribution in [0.1, 0.15) is 5.76 Å². The lowest BCUT2D eigenvalue weighted by Crippen LogP contribution is -2.37. The molecule has 1 atom stereocenters. The number of furan rings is 1. The molecular formula is C9H12N2O. The van der Waals surface area contributed by atoms with Crippen molar-refractivity contribution < 1.29 is 4.42 Å². The molecule has 0 radical (unpaired) electrons. The average molecular weight is 164 g/mol. The van der Waals surface area contributed by atoms with Crippen LogP contribution in [-0.2, 0) is 0 Å². The van der Waals surface area contributed by atoms with E-state index < -0.39 is 0 Å². The highest BCUT2D eigenvalue weighted by Crippen LogP contribution is 2.16. The molecular weight excluding hydrogens is 152 g/mol. The van der Waals surface area contributed by atoms with Gasteiger partial charge in [0.25, 0.3) is 0 Å². The Morgan fingerprint density at radius 3 is 3.17 bits per heavy atom. The maximum Gasteiger partial charge on any atom is 0.130 e. The van der Waals surface area contributed by atoms with E-state index in [1.54, 1.807) is 6.26 Å². The summed E-state index contributed by atoms with van der Waals surface area (Å²) in [7, 11) is 0. The minimum Gasteiger partial charge on any atom is -0.465 e. The van der Waals surface area contributed by atoms with Gasteiger partial charge in [0.2, 0.25) is 0 Å². The second-order valence-corrected chi connectivity index (χ2v) is 2.96. The molecule has 0 aromatic carbocycles. The second kappa shape index (κ2) is 3.13. The fraction of sp³-hybridized carbons (Fsp3) is 0.333. The average Bonchev–Trinajstić information content (AvgIpc) is 2.56. The van der Waals surface area contributed by atoms with Crippen LogP contribution in [0, 0.1) is 0 Å². The van der Waals surface area contributed by atoms with Crippen molar-refractivity contribution in [3.8, 4) is 0 Å². The van der Waals surface area contributed by atoms with Gasteiger partial charge in [0, 0.05) is 24.7 Å². The van der Waals surface area contributed by atoms with Gasteiger partial charge < -0.3 is 15.5 Å². The van der Waals surface area contributed by atoms with Gasteiger partial charge >= 0.3 is 0 Å². The summed E-state index contributed by atoms with van der Waals surface area (Å²) in [6.07, 6.45) is 3.73. The Hall–Kier alpha value is -1.06. The summed E-state index contributed by atoms with van der Waals surface area (Å²) >= 11 is 0. The Labute approximate surface area is 71.2 Å². The molecule has 0 saturated heterocycles. The summed E-state index contributed by atoms with van der Waals surface area (Å²) in [5.41, 5.74) is 6.90. The Morgan fingerprint density at radius 2 is 2.50 bits per heavy atom. The predicted octanol–water partition coefficient (Wildman–Crippen LogP) is 0.593. The molecule has 3 nitrogen and oxygen atoms in total. The van der Waals surface area contributed by atoms with Crippen molar-refractivity contribution in [2.75, 3.05) is 13.1 Å². The van der Waals surface area contributed by atoms with Crippen LogP contribution >= 0.6 is 0 Å². The lowest BCUT2D eigenvalue weighted by Gasteiger charge is -2.17. The SMILES string of the molecule is NC1C=C(c2ccco2)CNC1. The number of hydrogen-bond acceptors (Lipinski definition) is 3. The monoisotopic (exact) mass is 164 g/mol. The van der Waals surface area contributed by atoms with E-state index in [0.29, 0.717) is 0 Å². The predicted molar refractivity (Wildman–Crippen MR) is 47.5 cm³/mol. The number of nitrogens with two attached hydrogens (primary N) is 1. The first-order valence-electron chi connectivity index (χ1n) is 4.07. The first kappa shape index (κ1) is 7.58. The molecule has 2 rings (SSSR count). The van der Waals surface area contributed by atoms with Crippen LogP contribution in [0.4, 0.5) is 0 Å². The van der Waals surface area contributed by atoms with Gasteiger partial charge in [-0.1, -0.05) is 6.08 Å². The zero-order chi connectivity index (χ0) is 8.39. The standard InChI is InChI=1S/C9H12N2O/c10-8-4-7(5-11-6-8)9-2-1-3-12-9/h1-4,8,11H,5-6,10H2. The van der Waals surface area contributed by atoms with Crippen LogP contribution < -0.4 is 11.1 Å². The third-order valence-corrected chi connectivity index (χ3v) is 1.95. The topological polar surface area (TPSA) is 51.2 Å². The number of hydrogen-bond donors (Lipinski definition) is 2. The minimum atomic E-state index is 0.110. The molecule has 1 aliphatic heterocycles. The molecule has 1 aromatic heterocycles. The van der Waals surface area contributed by atoms with E-state index in [1.165, 1.54) is 0 Å². The van der Waals surface area contributed by atoms with E-state index in [9.17, 15) is 0 Å². The van der Waals surface area contributed by atoms with Crippen molar-refractivity contribution in [1.29, 1.82) is 0 Å². The maximum absolute atomic E-state index is 5.75. The molecule has 1 unspecified atom stereocenters. The molecule has 0 saturated carbocycles. The quantitative estimate of drug-likeness (QED) is 0.638. The van der Waals surface area contributed by atoms with Crippen LogP contribution in [0.5, 0.6) is 0 Å². The minimum absolute atomic E-state index is 0.110. The summed E-state index contributed by atoms with van der Waals surface area (Å²) in [6, 6.07) is 3.95. The first-order valence-corrected chi connectivity index (χ1v) is 4.07. The fourth-order valence-electron chi connectivity index (χ4n) is 1.38. The maximum atomic E-state index is 5.75. The van der Waals surface area contributed by atoms with Gasteiger partial charge in [-0.15, -0.1) is 0 Å². The molecule has 2 heterocycles. The third kappa shape index (κ3) is 1.42. The summed E-state index contributed by atoms with van der Waals surface area (Å²) in [6.45, 7) is 1.70. The highest BCUT2D eigenvalue weighted by Gasteiger charge is 2.11. The fourth-order valence-corrected chi connectivity index (χ4v) is 1.38. The van der Waals surface area contributed by atoms with Crippen molar-refractivity contribution in [2.24, 2.45) is 5.73 Å². The van der Waals surface area contributed by atoms with E-state index in [4.69, 9.17) is 10.2 Å². The molecule has 1 aromatic rings. The van der Waals surface area contributed by atoms with Gasteiger partial charge in [-0.25, -0.2) is 0 Å².